The molecule has 0 aliphatic rings. The topological polar surface area (TPSA) is 38.0 Å². The lowest BCUT2D eigenvalue weighted by atomic mass is 9.95. The van der Waals surface area contributed by atoms with Gasteiger partial charge in [-0.25, -0.2) is 0 Å². The lowest BCUT2D eigenvalue weighted by Crippen LogP contribution is -2.30. The lowest BCUT2D eigenvalue weighted by molar-refractivity contribution is 0.549. The van der Waals surface area contributed by atoms with Crippen molar-refractivity contribution in [2.24, 2.45) is 5.84 Å². The Labute approximate surface area is 129 Å². The third-order valence-corrected chi connectivity index (χ3v) is 4.03. The fourth-order valence-corrected chi connectivity index (χ4v) is 2.87. The number of nitrogens with one attached hydrogen (secondary N) is 1. The highest BCUT2D eigenvalue weighted by Crippen LogP contribution is 2.27. The third-order valence-electron chi connectivity index (χ3n) is 3.44. The molecule has 0 saturated heterocycles. The molecule has 106 valence electrons. The summed E-state index contributed by atoms with van der Waals surface area (Å²) in [4.78, 5) is 0. The van der Waals surface area contributed by atoms with Gasteiger partial charge in [-0.1, -0.05) is 41.4 Å². The Morgan fingerprint density at radius 1 is 1.10 bits per heavy atom. The van der Waals surface area contributed by atoms with Crippen LogP contribution in [-0.4, -0.2) is 0 Å². The fraction of sp³-hybridized carbons (Fsp3) is 0.250. The molecule has 2 aromatic carbocycles. The van der Waals surface area contributed by atoms with E-state index in [9.17, 15) is 0 Å². The van der Waals surface area contributed by atoms with Gasteiger partial charge in [0.05, 0.1) is 6.04 Å². The van der Waals surface area contributed by atoms with Gasteiger partial charge in [0.15, 0.2) is 0 Å². The average Bonchev–Trinajstić information content (AvgIpc) is 2.39. The molecule has 4 heteroatoms. The molecule has 2 rings (SSSR count). The van der Waals surface area contributed by atoms with E-state index in [0.717, 1.165) is 38.7 Å². The first kappa shape index (κ1) is 15.3. The van der Waals surface area contributed by atoms with Crippen LogP contribution in [0.2, 0.25) is 10.0 Å². The van der Waals surface area contributed by atoms with Crippen LogP contribution in [0.4, 0.5) is 0 Å². The number of hydrazine groups is 1. The van der Waals surface area contributed by atoms with E-state index >= 15 is 0 Å². The zero-order valence-electron chi connectivity index (χ0n) is 11.6. The predicted molar refractivity (Wildman–Crippen MR) is 86.1 cm³/mol. The number of aryl methyl sites for hydroxylation is 2. The highest BCUT2D eigenvalue weighted by molar-refractivity contribution is 6.31. The second-order valence-electron chi connectivity index (χ2n) is 5.02. The molecule has 0 heterocycles. The quantitative estimate of drug-likeness (QED) is 0.650. The van der Waals surface area contributed by atoms with E-state index < -0.39 is 0 Å². The number of halogens is 2. The van der Waals surface area contributed by atoms with Crippen molar-refractivity contribution in [3.63, 3.8) is 0 Å². The third kappa shape index (κ3) is 3.53. The Morgan fingerprint density at radius 3 is 2.45 bits per heavy atom. The smallest absolute Gasteiger partial charge is 0.0503 e. The van der Waals surface area contributed by atoms with Gasteiger partial charge in [0.1, 0.15) is 0 Å². The molecule has 0 fully saturated rings. The normalized spacial score (nSPS) is 12.4. The molecular weight excluding hydrogens is 291 g/mol. The maximum atomic E-state index is 6.29. The highest BCUT2D eigenvalue weighted by Gasteiger charge is 2.15. The molecule has 1 atom stereocenters. The molecule has 0 spiro atoms. The first-order valence-electron chi connectivity index (χ1n) is 6.48. The molecule has 0 aliphatic carbocycles. The molecule has 0 bridgehead atoms. The van der Waals surface area contributed by atoms with Crippen LogP contribution < -0.4 is 11.3 Å². The molecular formula is C16H18Cl2N2. The molecule has 0 radical (unpaired) electrons. The van der Waals surface area contributed by atoms with E-state index in [1.807, 2.05) is 44.2 Å². The summed E-state index contributed by atoms with van der Waals surface area (Å²) in [5.41, 5.74) is 7.34. The van der Waals surface area contributed by atoms with Crippen molar-refractivity contribution in [3.05, 3.63) is 68.7 Å². The molecule has 1 unspecified atom stereocenters. The highest BCUT2D eigenvalue weighted by atomic mass is 35.5. The van der Waals surface area contributed by atoms with E-state index in [4.69, 9.17) is 29.0 Å². The monoisotopic (exact) mass is 308 g/mol. The first-order chi connectivity index (χ1) is 9.51. The van der Waals surface area contributed by atoms with Crippen molar-refractivity contribution in [3.8, 4) is 0 Å². The molecule has 0 aliphatic heterocycles. The van der Waals surface area contributed by atoms with Crippen molar-refractivity contribution >= 4 is 23.2 Å². The van der Waals surface area contributed by atoms with Gasteiger partial charge in [-0.05, 0) is 60.7 Å². The van der Waals surface area contributed by atoms with Crippen LogP contribution in [0, 0.1) is 13.8 Å². The molecule has 3 N–H and O–H groups in total. The second kappa shape index (κ2) is 6.59. The van der Waals surface area contributed by atoms with Crippen molar-refractivity contribution in [1.29, 1.82) is 0 Å². The molecule has 0 amide bonds. The van der Waals surface area contributed by atoms with E-state index in [0.29, 0.717) is 0 Å². The number of hydrogen-bond acceptors (Lipinski definition) is 2. The molecule has 2 aromatic rings. The maximum absolute atomic E-state index is 6.29. The van der Waals surface area contributed by atoms with E-state index in [2.05, 4.69) is 11.5 Å². The fourth-order valence-electron chi connectivity index (χ4n) is 2.33. The summed E-state index contributed by atoms with van der Waals surface area (Å²) < 4.78 is 0. The molecule has 0 saturated carbocycles. The standard InChI is InChI=1S/C16H18Cl2N2/c1-10-3-4-12(15(18)7-10)9-16(20-19)14-6-5-13(17)8-11(14)2/h3-8,16,20H,9,19H2,1-2H3. The Balaban J connectivity index is 2.28. The summed E-state index contributed by atoms with van der Waals surface area (Å²) in [5.74, 6) is 5.71. The van der Waals surface area contributed by atoms with Crippen LogP contribution in [0.1, 0.15) is 28.3 Å². The maximum Gasteiger partial charge on any atom is 0.0503 e. The van der Waals surface area contributed by atoms with Crippen LogP contribution in [0.15, 0.2) is 36.4 Å². The van der Waals surface area contributed by atoms with E-state index in [1.54, 1.807) is 0 Å². The van der Waals surface area contributed by atoms with Crippen LogP contribution >= 0.6 is 23.2 Å². The zero-order chi connectivity index (χ0) is 14.7. The number of hydrogen-bond donors (Lipinski definition) is 2. The Hall–Kier alpha value is -1.06. The van der Waals surface area contributed by atoms with Gasteiger partial charge >= 0.3 is 0 Å². The van der Waals surface area contributed by atoms with Gasteiger partial charge in [0.2, 0.25) is 0 Å². The first-order valence-corrected chi connectivity index (χ1v) is 7.24. The van der Waals surface area contributed by atoms with Gasteiger partial charge in [0.25, 0.3) is 0 Å². The minimum Gasteiger partial charge on any atom is -0.271 e. The number of benzene rings is 2. The van der Waals surface area contributed by atoms with Crippen molar-refractivity contribution < 1.29 is 0 Å². The summed E-state index contributed by atoms with van der Waals surface area (Å²) in [6, 6.07) is 11.9. The van der Waals surface area contributed by atoms with Crippen molar-refractivity contribution in [2.75, 3.05) is 0 Å². The summed E-state index contributed by atoms with van der Waals surface area (Å²) >= 11 is 12.3. The number of rotatable bonds is 4. The predicted octanol–water partition coefficient (Wildman–Crippen LogP) is 4.36. The Kier molecular flexibility index (Phi) is 5.06. The molecule has 20 heavy (non-hydrogen) atoms. The largest absolute Gasteiger partial charge is 0.271 e. The minimum absolute atomic E-state index is 0.00692. The van der Waals surface area contributed by atoms with Crippen LogP contribution in [0.25, 0.3) is 0 Å². The Bertz CT molecular complexity index is 611. The van der Waals surface area contributed by atoms with Gasteiger partial charge in [-0.15, -0.1) is 0 Å². The summed E-state index contributed by atoms with van der Waals surface area (Å²) in [5, 5.41) is 1.51. The van der Waals surface area contributed by atoms with Crippen LogP contribution in [-0.2, 0) is 6.42 Å². The SMILES string of the molecule is Cc1ccc(CC(NN)c2ccc(Cl)cc2C)c(Cl)c1. The van der Waals surface area contributed by atoms with Gasteiger partial charge in [-0.3, -0.25) is 11.3 Å². The van der Waals surface area contributed by atoms with Gasteiger partial charge in [-0.2, -0.15) is 0 Å². The zero-order valence-corrected chi connectivity index (χ0v) is 13.1. The van der Waals surface area contributed by atoms with E-state index in [-0.39, 0.29) is 6.04 Å². The summed E-state index contributed by atoms with van der Waals surface area (Å²) in [6.07, 6.45) is 0.734. The van der Waals surface area contributed by atoms with E-state index in [1.165, 1.54) is 0 Å². The van der Waals surface area contributed by atoms with Crippen LogP contribution in [0.3, 0.4) is 0 Å². The van der Waals surface area contributed by atoms with Crippen LogP contribution in [0.5, 0.6) is 0 Å². The summed E-state index contributed by atoms with van der Waals surface area (Å²) in [7, 11) is 0. The average molecular weight is 309 g/mol. The minimum atomic E-state index is 0.00692. The summed E-state index contributed by atoms with van der Waals surface area (Å²) in [6.45, 7) is 4.06. The second-order valence-corrected chi connectivity index (χ2v) is 5.86. The van der Waals surface area contributed by atoms with Gasteiger partial charge in [0, 0.05) is 10.0 Å². The lowest BCUT2D eigenvalue weighted by Gasteiger charge is -2.19. The van der Waals surface area contributed by atoms with Gasteiger partial charge < -0.3 is 0 Å². The number of nitrogens with two attached hydrogens (primary N) is 1. The molecule has 2 nitrogen and oxygen atoms in total. The van der Waals surface area contributed by atoms with Crippen molar-refractivity contribution in [1.82, 2.24) is 5.43 Å². The van der Waals surface area contributed by atoms with Crippen molar-refractivity contribution in [2.45, 2.75) is 26.3 Å². The Morgan fingerprint density at radius 2 is 1.85 bits per heavy atom. The molecule has 0 aromatic heterocycles.